The topological polar surface area (TPSA) is 66.5 Å². The van der Waals surface area contributed by atoms with Crippen molar-refractivity contribution in [3.8, 4) is 0 Å². The molecule has 3 rings (SSSR count). The average molecular weight is 469 g/mol. The van der Waals surface area contributed by atoms with Gasteiger partial charge in [0.2, 0.25) is 15.9 Å². The highest BCUT2D eigenvalue weighted by Gasteiger charge is 2.24. The molecule has 0 spiro atoms. The van der Waals surface area contributed by atoms with Crippen LogP contribution in [0, 0.1) is 0 Å². The van der Waals surface area contributed by atoms with Gasteiger partial charge in [0.15, 0.2) is 0 Å². The maximum atomic E-state index is 13.1. The van der Waals surface area contributed by atoms with Gasteiger partial charge in [0.05, 0.1) is 4.90 Å². The van der Waals surface area contributed by atoms with Crippen molar-refractivity contribution in [1.29, 1.82) is 0 Å². The van der Waals surface area contributed by atoms with Crippen molar-refractivity contribution in [2.24, 2.45) is 0 Å². The molecule has 1 unspecified atom stereocenters. The highest BCUT2D eigenvalue weighted by Crippen LogP contribution is 2.35. The van der Waals surface area contributed by atoms with Crippen molar-refractivity contribution in [2.75, 3.05) is 7.05 Å². The van der Waals surface area contributed by atoms with Gasteiger partial charge in [-0.1, -0.05) is 60.7 Å². The minimum Gasteiger partial charge on any atom is -0.351 e. The summed E-state index contributed by atoms with van der Waals surface area (Å²) in [6.45, 7) is 3.98. The first kappa shape index (κ1) is 24.0. The highest BCUT2D eigenvalue weighted by molar-refractivity contribution is 8.00. The Bertz CT molecular complexity index is 1120. The van der Waals surface area contributed by atoms with Crippen molar-refractivity contribution in [3.63, 3.8) is 0 Å². The number of nitrogens with zero attached hydrogens (tertiary/aromatic N) is 1. The third-order valence-electron chi connectivity index (χ3n) is 5.13. The first-order valence-electron chi connectivity index (χ1n) is 10.4. The van der Waals surface area contributed by atoms with Gasteiger partial charge < -0.3 is 5.32 Å². The number of hydrogen-bond donors (Lipinski definition) is 1. The summed E-state index contributed by atoms with van der Waals surface area (Å²) in [6.07, 6.45) is 0. The zero-order chi connectivity index (χ0) is 23.1. The number of nitrogens with one attached hydrogen (secondary N) is 1. The second-order valence-corrected chi connectivity index (χ2v) is 10.9. The Kier molecular flexibility index (Phi) is 8.12. The fourth-order valence-electron chi connectivity index (χ4n) is 3.04. The summed E-state index contributed by atoms with van der Waals surface area (Å²) in [5.74, 6) is -0.0960. The van der Waals surface area contributed by atoms with Gasteiger partial charge in [0, 0.05) is 24.5 Å². The number of carbonyl (C=O) groups is 1. The van der Waals surface area contributed by atoms with Crippen molar-refractivity contribution in [2.45, 2.75) is 41.5 Å². The van der Waals surface area contributed by atoms with Gasteiger partial charge in [-0.15, -0.1) is 11.8 Å². The van der Waals surface area contributed by atoms with E-state index in [4.69, 9.17) is 0 Å². The third-order valence-corrected chi connectivity index (χ3v) is 8.45. The molecular weight excluding hydrogens is 440 g/mol. The molecule has 1 N–H and O–H groups in total. The van der Waals surface area contributed by atoms with Gasteiger partial charge in [-0.05, 0) is 49.2 Å². The molecule has 3 aromatic rings. The zero-order valence-corrected chi connectivity index (χ0v) is 20.1. The van der Waals surface area contributed by atoms with Gasteiger partial charge >= 0.3 is 0 Å². The van der Waals surface area contributed by atoms with Crippen LogP contribution in [0.15, 0.2) is 94.7 Å². The van der Waals surface area contributed by atoms with E-state index in [1.54, 1.807) is 31.3 Å². The highest BCUT2D eigenvalue weighted by atomic mass is 32.2. The fraction of sp³-hybridized carbons (Fsp3) is 0.240. The molecule has 0 heterocycles. The van der Waals surface area contributed by atoms with Crippen LogP contribution in [0.1, 0.15) is 30.2 Å². The van der Waals surface area contributed by atoms with E-state index in [1.165, 1.54) is 16.1 Å². The first-order chi connectivity index (χ1) is 15.3. The van der Waals surface area contributed by atoms with Crippen LogP contribution in [0.2, 0.25) is 0 Å². The van der Waals surface area contributed by atoms with E-state index in [-0.39, 0.29) is 16.8 Å². The molecule has 168 valence electrons. The molecule has 0 aliphatic heterocycles. The Morgan fingerprint density at radius 2 is 1.47 bits per heavy atom. The lowest BCUT2D eigenvalue weighted by Crippen LogP contribution is -2.33. The van der Waals surface area contributed by atoms with Gasteiger partial charge in [-0.2, -0.15) is 4.31 Å². The summed E-state index contributed by atoms with van der Waals surface area (Å²) in [6, 6.07) is 26.0. The Morgan fingerprint density at radius 1 is 0.906 bits per heavy atom. The number of rotatable bonds is 9. The Hall–Kier alpha value is -2.61. The Labute approximate surface area is 194 Å². The number of hydrogen-bond acceptors (Lipinski definition) is 4. The lowest BCUT2D eigenvalue weighted by atomic mass is 10.1. The summed E-state index contributed by atoms with van der Waals surface area (Å²) in [5.41, 5.74) is 1.76. The van der Waals surface area contributed by atoms with Crippen LogP contribution < -0.4 is 5.32 Å². The SMILES string of the molecule is CC(C)N(C)S(=O)(=O)c1ccc(CNC(=O)C(Sc2ccccc2)c2ccccc2)cc1. The standard InChI is InChI=1S/C25H28N2O3S2/c1-19(2)27(3)32(29,30)23-16-14-20(15-17-23)18-26-25(28)24(21-10-6-4-7-11-21)31-22-12-8-5-9-13-22/h4-17,19,24H,18H2,1-3H3,(H,26,28). The Balaban J connectivity index is 1.71. The summed E-state index contributed by atoms with van der Waals surface area (Å²) >= 11 is 1.50. The van der Waals surface area contributed by atoms with Gasteiger partial charge in [0.1, 0.15) is 5.25 Å². The molecule has 0 aromatic heterocycles. The first-order valence-corrected chi connectivity index (χ1v) is 12.7. The van der Waals surface area contributed by atoms with E-state index in [1.807, 2.05) is 74.5 Å². The molecule has 0 radical (unpaired) electrons. The number of carbonyl (C=O) groups excluding carboxylic acids is 1. The second kappa shape index (κ2) is 10.8. The lowest BCUT2D eigenvalue weighted by molar-refractivity contribution is -0.120. The lowest BCUT2D eigenvalue weighted by Gasteiger charge is -2.21. The molecular formula is C25H28N2O3S2. The molecule has 0 saturated heterocycles. The molecule has 0 saturated carbocycles. The number of thioether (sulfide) groups is 1. The van der Waals surface area contributed by atoms with E-state index in [2.05, 4.69) is 5.32 Å². The summed E-state index contributed by atoms with van der Waals surface area (Å²) in [4.78, 5) is 14.3. The van der Waals surface area contributed by atoms with Crippen LogP contribution in [0.5, 0.6) is 0 Å². The largest absolute Gasteiger partial charge is 0.351 e. The summed E-state index contributed by atoms with van der Waals surface area (Å²) in [5, 5.41) is 2.61. The van der Waals surface area contributed by atoms with E-state index in [0.717, 1.165) is 16.0 Å². The van der Waals surface area contributed by atoms with Crippen molar-refractivity contribution >= 4 is 27.7 Å². The van der Waals surface area contributed by atoms with Gasteiger partial charge in [0.25, 0.3) is 0 Å². The van der Waals surface area contributed by atoms with Gasteiger partial charge in [-0.3, -0.25) is 4.79 Å². The molecule has 1 atom stereocenters. The molecule has 5 nitrogen and oxygen atoms in total. The number of amides is 1. The van der Waals surface area contributed by atoms with E-state index in [0.29, 0.717) is 6.54 Å². The van der Waals surface area contributed by atoms with Crippen LogP contribution in [0.4, 0.5) is 0 Å². The fourth-order valence-corrected chi connectivity index (χ4v) is 5.48. The maximum Gasteiger partial charge on any atom is 0.243 e. The van der Waals surface area contributed by atoms with E-state index >= 15 is 0 Å². The molecule has 3 aromatic carbocycles. The minimum absolute atomic E-state index is 0.0960. The van der Waals surface area contributed by atoms with Crippen molar-refractivity contribution in [1.82, 2.24) is 9.62 Å². The van der Waals surface area contributed by atoms with Gasteiger partial charge in [-0.25, -0.2) is 8.42 Å². The molecule has 0 aliphatic carbocycles. The molecule has 7 heteroatoms. The second-order valence-electron chi connectivity index (χ2n) is 7.70. The maximum absolute atomic E-state index is 13.1. The van der Waals surface area contributed by atoms with Crippen molar-refractivity contribution in [3.05, 3.63) is 96.1 Å². The smallest absolute Gasteiger partial charge is 0.243 e. The van der Waals surface area contributed by atoms with E-state index < -0.39 is 15.3 Å². The quantitative estimate of drug-likeness (QED) is 0.455. The van der Waals surface area contributed by atoms with Crippen molar-refractivity contribution < 1.29 is 13.2 Å². The minimum atomic E-state index is -3.53. The molecule has 0 fully saturated rings. The number of benzene rings is 3. The zero-order valence-electron chi connectivity index (χ0n) is 18.4. The third kappa shape index (κ3) is 6.00. The predicted molar refractivity (Wildman–Crippen MR) is 130 cm³/mol. The van der Waals surface area contributed by atoms with Crippen LogP contribution in [-0.4, -0.2) is 31.7 Å². The van der Waals surface area contributed by atoms with Crippen LogP contribution in [-0.2, 0) is 21.4 Å². The van der Waals surface area contributed by atoms with Crippen LogP contribution in [0.25, 0.3) is 0 Å². The molecule has 0 aliphatic rings. The van der Waals surface area contributed by atoms with Crippen LogP contribution >= 0.6 is 11.8 Å². The molecule has 1 amide bonds. The monoisotopic (exact) mass is 468 g/mol. The normalized spacial score (nSPS) is 12.7. The van der Waals surface area contributed by atoms with Crippen LogP contribution in [0.3, 0.4) is 0 Å². The number of sulfonamides is 1. The Morgan fingerprint density at radius 3 is 2.03 bits per heavy atom. The molecule has 0 bridgehead atoms. The summed E-state index contributed by atoms with van der Waals surface area (Å²) in [7, 11) is -1.96. The molecule has 32 heavy (non-hydrogen) atoms. The predicted octanol–water partition coefficient (Wildman–Crippen LogP) is 4.87. The average Bonchev–Trinajstić information content (AvgIpc) is 2.82. The van der Waals surface area contributed by atoms with E-state index in [9.17, 15) is 13.2 Å². The summed E-state index contributed by atoms with van der Waals surface area (Å²) < 4.78 is 26.6.